The summed E-state index contributed by atoms with van der Waals surface area (Å²) in [7, 11) is 3.15. The fourth-order valence-electron chi connectivity index (χ4n) is 1.86. The topological polar surface area (TPSA) is 83.6 Å². The third-order valence-corrected chi connectivity index (χ3v) is 2.95. The zero-order valence-electron chi connectivity index (χ0n) is 11.6. The summed E-state index contributed by atoms with van der Waals surface area (Å²) < 4.78 is 11.9. The lowest BCUT2D eigenvalue weighted by Crippen LogP contribution is -2.15. The molecule has 0 saturated carbocycles. The molecule has 21 heavy (non-hydrogen) atoms. The summed E-state index contributed by atoms with van der Waals surface area (Å²) >= 11 is 0. The van der Waals surface area contributed by atoms with Gasteiger partial charge in [0.05, 0.1) is 23.8 Å². The minimum Gasteiger partial charge on any atom is -0.496 e. The highest BCUT2D eigenvalue weighted by molar-refractivity contribution is 5.95. The standard InChI is InChI=1S/C14H14N2O5/c1-15-7-3-4-11(15)13(17)9-21-14-6-5-10(20-2)8-12(14)16(18)19/h3-8H,9H2,1-2H3. The van der Waals surface area contributed by atoms with Crippen molar-refractivity contribution in [1.29, 1.82) is 0 Å². The molecule has 0 fully saturated rings. The first-order chi connectivity index (χ1) is 10.0. The van der Waals surface area contributed by atoms with E-state index in [1.54, 1.807) is 29.9 Å². The lowest BCUT2D eigenvalue weighted by atomic mass is 10.2. The van der Waals surface area contributed by atoms with Gasteiger partial charge in [-0.05, 0) is 24.3 Å². The molecule has 0 unspecified atom stereocenters. The summed E-state index contributed by atoms with van der Waals surface area (Å²) in [6.45, 7) is -0.273. The summed E-state index contributed by atoms with van der Waals surface area (Å²) in [5, 5.41) is 11.0. The van der Waals surface area contributed by atoms with Crippen molar-refractivity contribution < 1.29 is 19.2 Å². The van der Waals surface area contributed by atoms with E-state index >= 15 is 0 Å². The van der Waals surface area contributed by atoms with Gasteiger partial charge >= 0.3 is 5.69 Å². The number of hydrogen-bond donors (Lipinski definition) is 0. The van der Waals surface area contributed by atoms with Crippen LogP contribution in [0.1, 0.15) is 10.5 Å². The van der Waals surface area contributed by atoms with E-state index in [2.05, 4.69) is 0 Å². The van der Waals surface area contributed by atoms with E-state index in [4.69, 9.17) is 9.47 Å². The van der Waals surface area contributed by atoms with Gasteiger partial charge in [0.25, 0.3) is 0 Å². The number of nitro groups is 1. The molecular weight excluding hydrogens is 276 g/mol. The van der Waals surface area contributed by atoms with Gasteiger partial charge in [-0.25, -0.2) is 0 Å². The van der Waals surface area contributed by atoms with E-state index in [-0.39, 0.29) is 23.8 Å². The van der Waals surface area contributed by atoms with Crippen LogP contribution in [0.4, 0.5) is 5.69 Å². The first-order valence-electron chi connectivity index (χ1n) is 6.12. The molecule has 1 aromatic carbocycles. The number of ether oxygens (including phenoxy) is 2. The second kappa shape index (κ2) is 6.08. The Morgan fingerprint density at radius 1 is 1.38 bits per heavy atom. The van der Waals surface area contributed by atoms with E-state index in [1.165, 1.54) is 25.3 Å². The van der Waals surface area contributed by atoms with Crippen LogP contribution in [0.3, 0.4) is 0 Å². The fourth-order valence-corrected chi connectivity index (χ4v) is 1.86. The summed E-state index contributed by atoms with van der Waals surface area (Å²) in [4.78, 5) is 22.4. The highest BCUT2D eigenvalue weighted by Gasteiger charge is 2.18. The van der Waals surface area contributed by atoms with Crippen LogP contribution in [-0.4, -0.2) is 29.0 Å². The maximum Gasteiger partial charge on any atom is 0.314 e. The van der Waals surface area contributed by atoms with Crippen molar-refractivity contribution in [2.24, 2.45) is 7.05 Å². The molecule has 0 atom stereocenters. The van der Waals surface area contributed by atoms with Gasteiger partial charge in [-0.1, -0.05) is 0 Å². The molecule has 0 aliphatic carbocycles. The van der Waals surface area contributed by atoms with Gasteiger partial charge in [0.15, 0.2) is 12.4 Å². The first-order valence-corrected chi connectivity index (χ1v) is 6.12. The Labute approximate surface area is 120 Å². The van der Waals surface area contributed by atoms with Gasteiger partial charge < -0.3 is 14.0 Å². The van der Waals surface area contributed by atoms with Gasteiger partial charge in [-0.2, -0.15) is 0 Å². The molecule has 1 aromatic heterocycles. The average Bonchev–Trinajstić information content (AvgIpc) is 2.90. The van der Waals surface area contributed by atoms with Gasteiger partial charge in [-0.15, -0.1) is 0 Å². The third kappa shape index (κ3) is 3.19. The molecule has 0 saturated heterocycles. The van der Waals surface area contributed by atoms with Crippen LogP contribution < -0.4 is 9.47 Å². The molecule has 0 aliphatic heterocycles. The number of benzene rings is 1. The van der Waals surface area contributed by atoms with Crippen LogP contribution in [0.2, 0.25) is 0 Å². The van der Waals surface area contributed by atoms with Crippen molar-refractivity contribution in [2.45, 2.75) is 0 Å². The fraction of sp³-hybridized carbons (Fsp3) is 0.214. The number of carbonyl (C=O) groups excluding carboxylic acids is 1. The quantitative estimate of drug-likeness (QED) is 0.462. The number of Topliss-reactive ketones (excluding diaryl/α,β-unsaturated/α-hetero) is 1. The van der Waals surface area contributed by atoms with Crippen molar-refractivity contribution in [2.75, 3.05) is 13.7 Å². The van der Waals surface area contributed by atoms with E-state index in [0.717, 1.165) is 0 Å². The van der Waals surface area contributed by atoms with Gasteiger partial charge in [0, 0.05) is 13.2 Å². The minimum absolute atomic E-state index is 0.0309. The number of nitro benzene ring substituents is 1. The lowest BCUT2D eigenvalue weighted by molar-refractivity contribution is -0.385. The van der Waals surface area contributed by atoms with Crippen LogP contribution in [0.5, 0.6) is 11.5 Å². The number of hydrogen-bond acceptors (Lipinski definition) is 5. The summed E-state index contributed by atoms with van der Waals surface area (Å²) in [6, 6.07) is 7.60. The number of rotatable bonds is 6. The number of aromatic nitrogens is 1. The molecule has 1 heterocycles. The number of methoxy groups -OCH3 is 1. The van der Waals surface area contributed by atoms with Crippen molar-refractivity contribution in [1.82, 2.24) is 4.57 Å². The molecule has 0 spiro atoms. The monoisotopic (exact) mass is 290 g/mol. The predicted molar refractivity (Wildman–Crippen MR) is 74.9 cm³/mol. The van der Waals surface area contributed by atoms with E-state index < -0.39 is 4.92 Å². The van der Waals surface area contributed by atoms with Crippen molar-refractivity contribution in [3.05, 3.63) is 52.3 Å². The molecule has 0 amide bonds. The normalized spacial score (nSPS) is 10.2. The van der Waals surface area contributed by atoms with Crippen LogP contribution >= 0.6 is 0 Å². The van der Waals surface area contributed by atoms with Gasteiger partial charge in [0.2, 0.25) is 5.78 Å². The molecule has 7 heteroatoms. The molecule has 2 rings (SSSR count). The lowest BCUT2D eigenvalue weighted by Gasteiger charge is -2.08. The highest BCUT2D eigenvalue weighted by atomic mass is 16.6. The van der Waals surface area contributed by atoms with Crippen LogP contribution in [0.15, 0.2) is 36.5 Å². The Kier molecular flexibility index (Phi) is 4.22. The van der Waals surface area contributed by atoms with Gasteiger partial charge in [-0.3, -0.25) is 14.9 Å². The van der Waals surface area contributed by atoms with Gasteiger partial charge in [0.1, 0.15) is 5.75 Å². The summed E-state index contributed by atoms with van der Waals surface area (Å²) in [5.74, 6) is 0.124. The second-order valence-corrected chi connectivity index (χ2v) is 4.31. The molecular formula is C14H14N2O5. The Morgan fingerprint density at radius 2 is 2.14 bits per heavy atom. The van der Waals surface area contributed by atoms with Crippen molar-refractivity contribution in [3.63, 3.8) is 0 Å². The zero-order chi connectivity index (χ0) is 15.4. The Hall–Kier alpha value is -2.83. The van der Waals surface area contributed by atoms with E-state index in [0.29, 0.717) is 11.4 Å². The molecule has 0 bridgehead atoms. The predicted octanol–water partition coefficient (Wildman–Crippen LogP) is 2.20. The average molecular weight is 290 g/mol. The van der Waals surface area contributed by atoms with Crippen molar-refractivity contribution >= 4 is 11.5 Å². The molecule has 0 radical (unpaired) electrons. The molecule has 0 aliphatic rings. The third-order valence-electron chi connectivity index (χ3n) is 2.95. The maximum absolute atomic E-state index is 12.0. The molecule has 110 valence electrons. The highest BCUT2D eigenvalue weighted by Crippen LogP contribution is 2.31. The number of carbonyl (C=O) groups is 1. The SMILES string of the molecule is COc1ccc(OCC(=O)c2cccn2C)c([N+](=O)[O-])c1. The van der Waals surface area contributed by atoms with E-state index in [9.17, 15) is 14.9 Å². The second-order valence-electron chi connectivity index (χ2n) is 4.31. The van der Waals surface area contributed by atoms with E-state index in [1.807, 2.05) is 0 Å². The largest absolute Gasteiger partial charge is 0.496 e. The summed E-state index contributed by atoms with van der Waals surface area (Å²) in [6.07, 6.45) is 1.74. The Balaban J connectivity index is 2.15. The number of ketones is 1. The zero-order valence-corrected chi connectivity index (χ0v) is 11.6. The minimum atomic E-state index is -0.579. The molecule has 2 aromatic rings. The number of aryl methyl sites for hydroxylation is 1. The Morgan fingerprint density at radius 3 is 2.71 bits per heavy atom. The number of nitrogens with zero attached hydrogens (tertiary/aromatic N) is 2. The maximum atomic E-state index is 12.0. The van der Waals surface area contributed by atoms with Crippen LogP contribution in [-0.2, 0) is 7.05 Å². The summed E-state index contributed by atoms with van der Waals surface area (Å²) in [5.41, 5.74) is 0.236. The molecule has 7 nitrogen and oxygen atoms in total. The first kappa shape index (κ1) is 14.6. The molecule has 0 N–H and O–H groups in total. The van der Waals surface area contributed by atoms with Crippen LogP contribution in [0.25, 0.3) is 0 Å². The smallest absolute Gasteiger partial charge is 0.314 e. The van der Waals surface area contributed by atoms with Crippen molar-refractivity contribution in [3.8, 4) is 11.5 Å². The Bertz CT molecular complexity index is 678. The van der Waals surface area contributed by atoms with Crippen LogP contribution in [0, 0.1) is 10.1 Å².